The van der Waals surface area contributed by atoms with Gasteiger partial charge in [-0.15, -0.1) is 0 Å². The lowest BCUT2D eigenvalue weighted by atomic mass is 10.3. The molecule has 0 aliphatic heterocycles. The van der Waals surface area contributed by atoms with E-state index in [1.807, 2.05) is 6.07 Å². The van der Waals surface area contributed by atoms with E-state index in [0.29, 0.717) is 12.4 Å². The van der Waals surface area contributed by atoms with Crippen LogP contribution in [-0.2, 0) is 6.54 Å². The summed E-state index contributed by atoms with van der Waals surface area (Å²) in [6, 6.07) is 6.24. The van der Waals surface area contributed by atoms with Crippen LogP contribution in [0.1, 0.15) is 5.76 Å². The third-order valence-corrected chi connectivity index (χ3v) is 2.52. The van der Waals surface area contributed by atoms with Gasteiger partial charge in [0.15, 0.2) is 0 Å². The number of pyridine rings is 1. The monoisotopic (exact) mass is 263 g/mol. The van der Waals surface area contributed by atoms with E-state index in [4.69, 9.17) is 10.3 Å². The number of nitro groups is 1. The average Bonchev–Trinajstić information content (AvgIpc) is 2.90. The van der Waals surface area contributed by atoms with E-state index >= 15 is 0 Å². The van der Waals surface area contributed by atoms with E-state index in [9.17, 15) is 10.1 Å². The molecule has 0 saturated heterocycles. The third-order valence-electron chi connectivity index (χ3n) is 2.52. The average molecular weight is 263 g/mol. The molecule has 0 atom stereocenters. The van der Waals surface area contributed by atoms with Crippen LogP contribution in [0.15, 0.2) is 34.9 Å². The molecule has 0 spiro atoms. The van der Waals surface area contributed by atoms with Crippen LogP contribution < -0.4 is 16.2 Å². The fourth-order valence-electron chi connectivity index (χ4n) is 1.59. The van der Waals surface area contributed by atoms with Gasteiger partial charge in [-0.2, -0.15) is 0 Å². The highest BCUT2D eigenvalue weighted by Crippen LogP contribution is 2.23. The first kappa shape index (κ1) is 12.8. The molecule has 0 aliphatic carbocycles. The summed E-state index contributed by atoms with van der Waals surface area (Å²) in [4.78, 5) is 16.2. The molecule has 0 fully saturated rings. The molecule has 0 radical (unpaired) electrons. The number of hydrogen-bond donors (Lipinski definition) is 2. The summed E-state index contributed by atoms with van der Waals surface area (Å²) in [7, 11) is 1.76. The molecular formula is C11H13N5O3. The first-order valence-corrected chi connectivity index (χ1v) is 5.47. The van der Waals surface area contributed by atoms with Crippen LogP contribution in [0.3, 0.4) is 0 Å². The van der Waals surface area contributed by atoms with Crippen molar-refractivity contribution in [3.05, 3.63) is 46.4 Å². The Morgan fingerprint density at radius 2 is 2.37 bits per heavy atom. The zero-order chi connectivity index (χ0) is 13.8. The van der Waals surface area contributed by atoms with Crippen molar-refractivity contribution in [2.24, 2.45) is 5.84 Å². The molecular weight excluding hydrogens is 250 g/mol. The summed E-state index contributed by atoms with van der Waals surface area (Å²) in [5.74, 6) is 6.65. The predicted molar refractivity (Wildman–Crippen MR) is 69.5 cm³/mol. The van der Waals surface area contributed by atoms with Gasteiger partial charge in [-0.05, 0) is 12.1 Å². The van der Waals surface area contributed by atoms with Gasteiger partial charge >= 0.3 is 0 Å². The Kier molecular flexibility index (Phi) is 3.62. The molecule has 0 amide bonds. The Bertz CT molecular complexity index is 570. The first-order valence-electron chi connectivity index (χ1n) is 5.47. The van der Waals surface area contributed by atoms with E-state index in [-0.39, 0.29) is 11.5 Å². The first-order chi connectivity index (χ1) is 9.10. The zero-order valence-corrected chi connectivity index (χ0v) is 10.2. The Balaban J connectivity index is 2.27. The summed E-state index contributed by atoms with van der Waals surface area (Å²) >= 11 is 0. The smallest absolute Gasteiger partial charge is 0.276 e. The Hall–Kier alpha value is -2.61. The minimum Gasteiger partial charge on any atom is -0.467 e. The van der Waals surface area contributed by atoms with Crippen LogP contribution in [0.2, 0.25) is 0 Å². The van der Waals surface area contributed by atoms with Crippen LogP contribution >= 0.6 is 0 Å². The van der Waals surface area contributed by atoms with Gasteiger partial charge in [0.05, 0.1) is 29.9 Å². The van der Waals surface area contributed by atoms with Crippen molar-refractivity contribution in [1.82, 2.24) is 4.98 Å². The molecule has 2 aromatic heterocycles. The number of nitrogens with zero attached hydrogens (tertiary/aromatic N) is 3. The highest BCUT2D eigenvalue weighted by molar-refractivity contribution is 5.55. The molecule has 2 rings (SSSR count). The number of nitrogens with one attached hydrogen (secondary N) is 1. The highest BCUT2D eigenvalue weighted by atomic mass is 16.6. The quantitative estimate of drug-likeness (QED) is 0.477. The zero-order valence-electron chi connectivity index (χ0n) is 10.2. The summed E-state index contributed by atoms with van der Waals surface area (Å²) < 4.78 is 5.22. The lowest BCUT2D eigenvalue weighted by Gasteiger charge is -2.17. The molecule has 0 bridgehead atoms. The maximum atomic E-state index is 10.8. The highest BCUT2D eigenvalue weighted by Gasteiger charge is 2.14. The largest absolute Gasteiger partial charge is 0.467 e. The number of anilines is 2. The normalized spacial score (nSPS) is 10.2. The molecule has 19 heavy (non-hydrogen) atoms. The third kappa shape index (κ3) is 2.99. The number of furan rings is 1. The van der Waals surface area contributed by atoms with Gasteiger partial charge in [-0.25, -0.2) is 10.8 Å². The molecule has 0 aromatic carbocycles. The summed E-state index contributed by atoms with van der Waals surface area (Å²) in [6.07, 6.45) is 1.57. The van der Waals surface area contributed by atoms with Crippen LogP contribution in [0.25, 0.3) is 0 Å². The molecule has 2 aromatic rings. The number of rotatable bonds is 5. The predicted octanol–water partition coefficient (Wildman–Crippen LogP) is 1.50. The Labute approximate surface area is 109 Å². The van der Waals surface area contributed by atoms with Gasteiger partial charge < -0.3 is 14.7 Å². The fourth-order valence-corrected chi connectivity index (χ4v) is 1.59. The van der Waals surface area contributed by atoms with Crippen molar-refractivity contribution in [3.63, 3.8) is 0 Å². The van der Waals surface area contributed by atoms with Gasteiger partial charge in [0.2, 0.25) is 0 Å². The molecule has 2 heterocycles. The maximum Gasteiger partial charge on any atom is 0.276 e. The Morgan fingerprint density at radius 1 is 1.58 bits per heavy atom. The van der Waals surface area contributed by atoms with Crippen molar-refractivity contribution >= 4 is 17.3 Å². The van der Waals surface area contributed by atoms with E-state index in [1.54, 1.807) is 24.3 Å². The number of hydrogen-bond acceptors (Lipinski definition) is 7. The van der Waals surface area contributed by atoms with E-state index in [2.05, 4.69) is 10.4 Å². The Morgan fingerprint density at radius 3 is 2.95 bits per heavy atom. The van der Waals surface area contributed by atoms with Crippen LogP contribution in [0, 0.1) is 10.1 Å². The summed E-state index contributed by atoms with van der Waals surface area (Å²) in [5, 5.41) is 10.8. The van der Waals surface area contributed by atoms with Crippen molar-refractivity contribution in [2.75, 3.05) is 17.4 Å². The number of hydrazine groups is 1. The van der Waals surface area contributed by atoms with E-state index in [1.165, 1.54) is 12.1 Å². The molecule has 8 heteroatoms. The molecule has 0 saturated carbocycles. The van der Waals surface area contributed by atoms with Crippen molar-refractivity contribution in [2.45, 2.75) is 6.54 Å². The van der Waals surface area contributed by atoms with Crippen molar-refractivity contribution < 1.29 is 9.34 Å². The second kappa shape index (κ2) is 5.36. The number of nitrogen functional groups attached to an aromatic ring is 1. The van der Waals surface area contributed by atoms with Crippen LogP contribution in [-0.4, -0.2) is 17.0 Å². The molecule has 8 nitrogen and oxygen atoms in total. The van der Waals surface area contributed by atoms with Crippen LogP contribution in [0.5, 0.6) is 0 Å². The maximum absolute atomic E-state index is 10.8. The lowest BCUT2D eigenvalue weighted by molar-refractivity contribution is -0.384. The molecule has 0 aliphatic rings. The van der Waals surface area contributed by atoms with E-state index in [0.717, 1.165) is 5.76 Å². The SMILES string of the molecule is CN(Cc1ccco1)c1cc([N+](=O)[O-])cc(NN)n1. The number of nitrogens with two attached hydrogens (primary N) is 1. The van der Waals surface area contributed by atoms with Gasteiger partial charge in [-0.3, -0.25) is 10.1 Å². The lowest BCUT2D eigenvalue weighted by Crippen LogP contribution is -2.19. The van der Waals surface area contributed by atoms with E-state index < -0.39 is 4.92 Å². The minimum atomic E-state index is -0.493. The summed E-state index contributed by atoms with van der Waals surface area (Å²) in [6.45, 7) is 0.450. The van der Waals surface area contributed by atoms with Crippen molar-refractivity contribution in [3.8, 4) is 0 Å². The molecule has 0 unspecified atom stereocenters. The standard InChI is InChI=1S/C11H13N5O3/c1-15(7-9-3-2-4-19-9)11-6-8(16(17)18)5-10(13-11)14-12/h2-6H,7,12H2,1H3,(H,13,14). The molecule has 3 N–H and O–H groups in total. The van der Waals surface area contributed by atoms with Gasteiger partial charge in [0, 0.05) is 7.05 Å². The van der Waals surface area contributed by atoms with Gasteiger partial charge in [-0.1, -0.05) is 0 Å². The topological polar surface area (TPSA) is 110 Å². The summed E-state index contributed by atoms with van der Waals surface area (Å²) in [5.41, 5.74) is 2.23. The van der Waals surface area contributed by atoms with Gasteiger partial charge in [0.25, 0.3) is 5.69 Å². The molecule has 100 valence electrons. The minimum absolute atomic E-state index is 0.0794. The van der Waals surface area contributed by atoms with Crippen LogP contribution in [0.4, 0.5) is 17.3 Å². The second-order valence-electron chi connectivity index (χ2n) is 3.91. The number of aromatic nitrogens is 1. The second-order valence-corrected chi connectivity index (χ2v) is 3.91. The van der Waals surface area contributed by atoms with Crippen molar-refractivity contribution in [1.29, 1.82) is 0 Å². The fraction of sp³-hybridized carbons (Fsp3) is 0.182. The van der Waals surface area contributed by atoms with Gasteiger partial charge in [0.1, 0.15) is 17.4 Å².